The fraction of sp³-hybridized carbons (Fsp3) is 0.188. The topological polar surface area (TPSA) is 80.3 Å². The molecule has 0 fully saturated rings. The average molecular weight is 440 g/mol. The second-order valence-corrected chi connectivity index (χ2v) is 8.61. The molecule has 6 nitrogen and oxygen atoms in total. The molecule has 9 heteroatoms. The Kier molecular flexibility index (Phi) is 5.36. The summed E-state index contributed by atoms with van der Waals surface area (Å²) in [7, 11) is 1.58. The number of amides is 2. The predicted octanol–water partition coefficient (Wildman–Crippen LogP) is 3.89. The molecular weight excluding hydrogens is 426 g/mol. The molecule has 2 aromatic heterocycles. The van der Waals surface area contributed by atoms with Crippen molar-refractivity contribution < 1.29 is 14.3 Å². The zero-order valence-electron chi connectivity index (χ0n) is 13.3. The van der Waals surface area contributed by atoms with Crippen LogP contribution in [0.1, 0.15) is 16.6 Å². The van der Waals surface area contributed by atoms with E-state index in [1.165, 1.54) is 22.7 Å². The molecule has 2 heterocycles. The first-order chi connectivity index (χ1) is 12.0. The maximum absolute atomic E-state index is 12.3. The van der Waals surface area contributed by atoms with Crippen molar-refractivity contribution in [3.63, 3.8) is 0 Å². The summed E-state index contributed by atoms with van der Waals surface area (Å²) in [4.78, 5) is 29.4. The molecule has 0 aliphatic carbocycles. The summed E-state index contributed by atoms with van der Waals surface area (Å²) in [5.41, 5.74) is 0.699. The molecule has 0 saturated heterocycles. The van der Waals surface area contributed by atoms with E-state index in [0.29, 0.717) is 21.3 Å². The minimum Gasteiger partial charge on any atom is -0.494 e. The van der Waals surface area contributed by atoms with E-state index in [0.717, 1.165) is 8.49 Å². The molecule has 0 bridgehead atoms. The number of rotatable bonds is 5. The van der Waals surface area contributed by atoms with Gasteiger partial charge in [0, 0.05) is 0 Å². The number of thiazole rings is 1. The van der Waals surface area contributed by atoms with Crippen LogP contribution in [0.2, 0.25) is 0 Å². The number of anilines is 1. The van der Waals surface area contributed by atoms with Gasteiger partial charge in [-0.3, -0.25) is 9.59 Å². The molecule has 25 heavy (non-hydrogen) atoms. The van der Waals surface area contributed by atoms with Gasteiger partial charge in [-0.15, -0.1) is 11.3 Å². The third-order valence-corrected chi connectivity index (χ3v) is 5.93. The quantitative estimate of drug-likeness (QED) is 0.631. The molecular formula is C16H14BrN3O3S2. The zero-order valence-corrected chi connectivity index (χ0v) is 16.5. The molecule has 130 valence electrons. The number of hydrogen-bond donors (Lipinski definition) is 2. The largest absolute Gasteiger partial charge is 0.494 e. The number of thiophene rings is 1. The van der Waals surface area contributed by atoms with Gasteiger partial charge in [-0.05, 0) is 47.1 Å². The maximum Gasteiger partial charge on any atom is 0.262 e. The SMILES string of the molecule is COc1cccc2sc(NC(=O)C(C)NC(=O)c3ccc(Br)s3)nc12. The number of nitrogens with one attached hydrogen (secondary N) is 2. The molecule has 3 aromatic rings. The summed E-state index contributed by atoms with van der Waals surface area (Å²) in [5.74, 6) is 0.0326. The number of nitrogens with zero attached hydrogens (tertiary/aromatic N) is 1. The summed E-state index contributed by atoms with van der Waals surface area (Å²) in [6, 6.07) is 8.39. The number of methoxy groups -OCH3 is 1. The van der Waals surface area contributed by atoms with E-state index >= 15 is 0 Å². The van der Waals surface area contributed by atoms with Crippen LogP contribution in [0.4, 0.5) is 5.13 Å². The fourth-order valence-electron chi connectivity index (χ4n) is 2.12. The van der Waals surface area contributed by atoms with Gasteiger partial charge < -0.3 is 15.4 Å². The first-order valence-electron chi connectivity index (χ1n) is 7.28. The van der Waals surface area contributed by atoms with Gasteiger partial charge in [-0.2, -0.15) is 0 Å². The number of hydrogen-bond acceptors (Lipinski definition) is 6. The van der Waals surface area contributed by atoms with Gasteiger partial charge in [0.2, 0.25) is 5.91 Å². The highest BCUT2D eigenvalue weighted by Gasteiger charge is 2.19. The second-order valence-electron chi connectivity index (χ2n) is 5.11. The minimum atomic E-state index is -0.692. The molecule has 0 saturated carbocycles. The van der Waals surface area contributed by atoms with E-state index in [1.54, 1.807) is 26.2 Å². The first-order valence-corrected chi connectivity index (χ1v) is 9.71. The summed E-state index contributed by atoms with van der Waals surface area (Å²) in [6.45, 7) is 1.63. The van der Waals surface area contributed by atoms with E-state index in [-0.39, 0.29) is 11.8 Å². The van der Waals surface area contributed by atoms with E-state index in [2.05, 4.69) is 31.5 Å². The van der Waals surface area contributed by atoms with Crippen molar-refractivity contribution in [3.8, 4) is 5.75 Å². The van der Waals surface area contributed by atoms with Crippen LogP contribution >= 0.6 is 38.6 Å². The number of halogens is 1. The van der Waals surface area contributed by atoms with Gasteiger partial charge >= 0.3 is 0 Å². The van der Waals surface area contributed by atoms with Crippen LogP contribution < -0.4 is 15.4 Å². The number of para-hydroxylation sites is 1. The lowest BCUT2D eigenvalue weighted by atomic mass is 10.3. The van der Waals surface area contributed by atoms with E-state index in [1.807, 2.05) is 18.2 Å². The smallest absolute Gasteiger partial charge is 0.262 e. The van der Waals surface area contributed by atoms with Crippen molar-refractivity contribution in [1.82, 2.24) is 10.3 Å². The highest BCUT2D eigenvalue weighted by Crippen LogP contribution is 2.32. The Bertz CT molecular complexity index is 938. The van der Waals surface area contributed by atoms with Crippen LogP contribution in [0.25, 0.3) is 10.2 Å². The van der Waals surface area contributed by atoms with Crippen molar-refractivity contribution >= 4 is 65.8 Å². The highest BCUT2D eigenvalue weighted by atomic mass is 79.9. The van der Waals surface area contributed by atoms with E-state index in [4.69, 9.17) is 4.74 Å². The summed E-state index contributed by atoms with van der Waals surface area (Å²) in [5, 5.41) is 5.88. The standard InChI is InChI=1S/C16H14BrN3O3S2/c1-8(18-15(22)11-6-7-12(17)24-11)14(21)20-16-19-13-9(23-2)4-3-5-10(13)25-16/h3-8H,1-2H3,(H,18,22)(H,19,20,21). The molecule has 3 rings (SSSR count). The van der Waals surface area contributed by atoms with Gasteiger partial charge in [-0.25, -0.2) is 4.98 Å². The Balaban J connectivity index is 1.68. The van der Waals surface area contributed by atoms with Crippen LogP contribution in [0.3, 0.4) is 0 Å². The second kappa shape index (κ2) is 7.51. The molecule has 1 unspecified atom stereocenters. The summed E-state index contributed by atoms with van der Waals surface area (Å²) >= 11 is 5.97. The molecule has 2 amide bonds. The van der Waals surface area contributed by atoms with Gasteiger partial charge in [0.1, 0.15) is 17.3 Å². The Morgan fingerprint density at radius 1 is 1.24 bits per heavy atom. The third-order valence-electron chi connectivity index (χ3n) is 3.37. The van der Waals surface area contributed by atoms with E-state index in [9.17, 15) is 9.59 Å². The number of carbonyl (C=O) groups excluding carboxylic acids is 2. The van der Waals surface area contributed by atoms with Crippen molar-refractivity contribution in [2.45, 2.75) is 13.0 Å². The monoisotopic (exact) mass is 439 g/mol. The van der Waals surface area contributed by atoms with Crippen LogP contribution in [0.15, 0.2) is 34.1 Å². The zero-order chi connectivity index (χ0) is 18.0. The van der Waals surface area contributed by atoms with Crippen LogP contribution in [0, 0.1) is 0 Å². The van der Waals surface area contributed by atoms with Crippen molar-refractivity contribution in [1.29, 1.82) is 0 Å². The Labute approximate surface area is 160 Å². The third kappa shape index (κ3) is 4.00. The number of aromatic nitrogens is 1. The summed E-state index contributed by atoms with van der Waals surface area (Å²) in [6.07, 6.45) is 0. The number of ether oxygens (including phenoxy) is 1. The molecule has 0 aliphatic rings. The molecule has 0 radical (unpaired) electrons. The molecule has 1 atom stereocenters. The lowest BCUT2D eigenvalue weighted by Crippen LogP contribution is -2.41. The van der Waals surface area contributed by atoms with Crippen LogP contribution in [0.5, 0.6) is 5.75 Å². The van der Waals surface area contributed by atoms with E-state index < -0.39 is 6.04 Å². The maximum atomic E-state index is 12.3. The predicted molar refractivity (Wildman–Crippen MR) is 104 cm³/mol. The lowest BCUT2D eigenvalue weighted by Gasteiger charge is -2.12. The highest BCUT2D eigenvalue weighted by molar-refractivity contribution is 9.11. The Morgan fingerprint density at radius 3 is 2.72 bits per heavy atom. The van der Waals surface area contributed by atoms with Gasteiger partial charge in [0.05, 0.1) is 20.5 Å². The van der Waals surface area contributed by atoms with Gasteiger partial charge in [-0.1, -0.05) is 17.4 Å². The fourth-order valence-corrected chi connectivity index (χ4v) is 4.30. The minimum absolute atomic E-state index is 0.288. The molecule has 0 spiro atoms. The Morgan fingerprint density at radius 2 is 2.04 bits per heavy atom. The average Bonchev–Trinajstić information content (AvgIpc) is 3.19. The van der Waals surface area contributed by atoms with Crippen molar-refractivity contribution in [3.05, 3.63) is 39.0 Å². The van der Waals surface area contributed by atoms with Gasteiger partial charge in [0.15, 0.2) is 5.13 Å². The van der Waals surface area contributed by atoms with Crippen LogP contribution in [-0.2, 0) is 4.79 Å². The lowest BCUT2D eigenvalue weighted by molar-refractivity contribution is -0.117. The van der Waals surface area contributed by atoms with Crippen LogP contribution in [-0.4, -0.2) is 29.9 Å². The summed E-state index contributed by atoms with van der Waals surface area (Å²) < 4.78 is 7.04. The first kappa shape index (κ1) is 17.8. The van der Waals surface area contributed by atoms with Crippen molar-refractivity contribution in [2.75, 3.05) is 12.4 Å². The number of benzene rings is 1. The normalized spacial score (nSPS) is 12.0. The molecule has 0 aliphatic heterocycles. The molecule has 1 aromatic carbocycles. The van der Waals surface area contributed by atoms with Crippen molar-refractivity contribution in [2.24, 2.45) is 0 Å². The molecule has 2 N–H and O–H groups in total. The Hall–Kier alpha value is -1.97. The van der Waals surface area contributed by atoms with Gasteiger partial charge in [0.25, 0.3) is 5.91 Å². The number of fused-ring (bicyclic) bond motifs is 1. The number of carbonyl (C=O) groups is 2.